The zero-order valence-corrected chi connectivity index (χ0v) is 19.4. The normalized spacial score (nSPS) is 17.3. The van der Waals surface area contributed by atoms with E-state index in [-0.39, 0.29) is 24.3 Å². The number of aryl methyl sites for hydroxylation is 1. The zero-order valence-electron chi connectivity index (χ0n) is 18.6. The lowest BCUT2D eigenvalue weighted by Crippen LogP contribution is -2.46. The minimum atomic E-state index is -0.920. The molecule has 5 rings (SSSR count). The molecule has 1 saturated carbocycles. The van der Waals surface area contributed by atoms with Gasteiger partial charge in [-0.1, -0.05) is 18.5 Å². The quantitative estimate of drug-likeness (QED) is 0.567. The number of rotatable bonds is 7. The fourth-order valence-corrected chi connectivity index (χ4v) is 6.01. The number of carbonyl (C=O) groups is 1. The van der Waals surface area contributed by atoms with E-state index >= 15 is 4.39 Å². The van der Waals surface area contributed by atoms with E-state index in [0.717, 1.165) is 51.1 Å². The smallest absolute Gasteiger partial charge is 0.303 e. The third kappa shape index (κ3) is 3.95. The Morgan fingerprint density at radius 2 is 1.91 bits per heavy atom. The summed E-state index contributed by atoms with van der Waals surface area (Å²) in [5, 5.41) is 8.99. The van der Waals surface area contributed by atoms with E-state index in [0.29, 0.717) is 22.3 Å². The highest BCUT2D eigenvalue weighted by Gasteiger charge is 2.32. The van der Waals surface area contributed by atoms with E-state index in [9.17, 15) is 14.4 Å². The highest BCUT2D eigenvalue weighted by Crippen LogP contribution is 2.46. The lowest BCUT2D eigenvalue weighted by Gasteiger charge is -2.35. The second-order valence-corrected chi connectivity index (χ2v) is 9.91. The van der Waals surface area contributed by atoms with Crippen LogP contribution in [0, 0.1) is 5.82 Å². The van der Waals surface area contributed by atoms with Crippen LogP contribution in [0.5, 0.6) is 0 Å². The van der Waals surface area contributed by atoms with Crippen molar-refractivity contribution in [2.45, 2.75) is 45.1 Å². The summed E-state index contributed by atoms with van der Waals surface area (Å²) >= 11 is 1.23. The molecule has 8 nitrogen and oxygen atoms in total. The second-order valence-electron chi connectivity index (χ2n) is 8.88. The van der Waals surface area contributed by atoms with Crippen LogP contribution < -0.4 is 16.0 Å². The first-order valence-corrected chi connectivity index (χ1v) is 12.3. The van der Waals surface area contributed by atoms with E-state index in [2.05, 4.69) is 11.8 Å². The van der Waals surface area contributed by atoms with Crippen LogP contribution in [0.25, 0.3) is 15.6 Å². The standard InChI is InChI=1S/C23H27FN4O4S/c1-2-25-8-10-26(11-9-25)16-12-17-19(14-5-6-14)21-20(22(31)27(17)13-15(16)24)23(32)28(33-21)7-3-4-18(29)30/h12-14H,2-11H2,1H3,(H,29,30). The van der Waals surface area contributed by atoms with E-state index < -0.39 is 22.9 Å². The number of fused-ring (bicyclic) bond motifs is 2. The van der Waals surface area contributed by atoms with E-state index in [1.807, 2.05) is 4.90 Å². The Balaban J connectivity index is 1.65. The van der Waals surface area contributed by atoms with Gasteiger partial charge < -0.3 is 14.9 Å². The molecule has 0 bridgehead atoms. The number of piperazine rings is 1. The molecule has 0 amide bonds. The van der Waals surface area contributed by atoms with Crippen molar-refractivity contribution in [3.8, 4) is 0 Å². The minimum Gasteiger partial charge on any atom is -0.481 e. The Kier molecular flexibility index (Phi) is 5.74. The lowest BCUT2D eigenvalue weighted by atomic mass is 10.1. The van der Waals surface area contributed by atoms with Crippen LogP contribution in [-0.4, -0.2) is 57.1 Å². The Morgan fingerprint density at radius 1 is 1.18 bits per heavy atom. The largest absolute Gasteiger partial charge is 0.481 e. The highest BCUT2D eigenvalue weighted by molar-refractivity contribution is 7.14. The van der Waals surface area contributed by atoms with Crippen molar-refractivity contribution in [3.63, 3.8) is 0 Å². The molecule has 4 heterocycles. The molecule has 1 N–H and O–H groups in total. The number of nitrogens with zero attached hydrogens (tertiary/aromatic N) is 4. The molecule has 3 aromatic heterocycles. The number of likely N-dealkylation sites (N-methyl/N-ethyl adjacent to an activating group) is 1. The Labute approximate surface area is 193 Å². The molecule has 33 heavy (non-hydrogen) atoms. The maximum Gasteiger partial charge on any atom is 0.303 e. The lowest BCUT2D eigenvalue weighted by molar-refractivity contribution is -0.137. The molecule has 10 heteroatoms. The Hall–Kier alpha value is -2.72. The third-order valence-corrected chi connectivity index (χ3v) is 7.92. The van der Waals surface area contributed by atoms with Gasteiger partial charge in [-0.2, -0.15) is 0 Å². The van der Waals surface area contributed by atoms with Crippen LogP contribution in [0.1, 0.15) is 44.1 Å². The summed E-state index contributed by atoms with van der Waals surface area (Å²) in [6.07, 6.45) is 3.43. The summed E-state index contributed by atoms with van der Waals surface area (Å²) < 4.78 is 18.6. The van der Waals surface area contributed by atoms with Gasteiger partial charge in [0.1, 0.15) is 5.39 Å². The van der Waals surface area contributed by atoms with Crippen LogP contribution in [0.15, 0.2) is 21.9 Å². The molecule has 2 aliphatic rings. The number of hydrogen-bond donors (Lipinski definition) is 1. The minimum absolute atomic E-state index is 0.0447. The molecule has 0 atom stereocenters. The molecule has 3 aromatic rings. The fourth-order valence-electron chi connectivity index (χ4n) is 4.76. The molecule has 1 saturated heterocycles. The van der Waals surface area contributed by atoms with Gasteiger partial charge in [0.25, 0.3) is 11.1 Å². The van der Waals surface area contributed by atoms with Crippen molar-refractivity contribution in [1.82, 2.24) is 13.3 Å². The predicted octanol–water partition coefficient (Wildman–Crippen LogP) is 2.70. The SMILES string of the molecule is CCN1CCN(c2cc3c(C4CC4)c4sn(CCCC(=O)O)c(=O)c4c(=O)n3cc2F)CC1. The summed E-state index contributed by atoms with van der Waals surface area (Å²) in [5.74, 6) is -1.15. The first kappa shape index (κ1) is 22.1. The topological polar surface area (TPSA) is 87.3 Å². The molecule has 0 unspecified atom stereocenters. The number of pyridine rings is 2. The molecule has 0 spiro atoms. The van der Waals surface area contributed by atoms with Crippen molar-refractivity contribution < 1.29 is 14.3 Å². The van der Waals surface area contributed by atoms with Crippen LogP contribution in [0.4, 0.5) is 10.1 Å². The third-order valence-electron chi connectivity index (χ3n) is 6.74. The van der Waals surface area contributed by atoms with Gasteiger partial charge >= 0.3 is 5.97 Å². The maximum absolute atomic E-state index is 15.2. The molecular weight excluding hydrogens is 447 g/mol. The van der Waals surface area contributed by atoms with Crippen molar-refractivity contribution in [3.05, 3.63) is 44.4 Å². The van der Waals surface area contributed by atoms with E-state index in [4.69, 9.17) is 5.11 Å². The van der Waals surface area contributed by atoms with Crippen molar-refractivity contribution in [1.29, 1.82) is 0 Å². The molecular formula is C23H27FN4O4S. The fraction of sp³-hybridized carbons (Fsp3) is 0.522. The summed E-state index contributed by atoms with van der Waals surface area (Å²) in [5.41, 5.74) is 1.19. The second kappa shape index (κ2) is 8.57. The highest BCUT2D eigenvalue weighted by atomic mass is 32.1. The number of carboxylic acids is 1. The van der Waals surface area contributed by atoms with Crippen LogP contribution >= 0.6 is 11.5 Å². The van der Waals surface area contributed by atoms with Crippen molar-refractivity contribution >= 4 is 38.8 Å². The molecule has 2 fully saturated rings. The molecule has 0 radical (unpaired) electrons. The average Bonchev–Trinajstić information content (AvgIpc) is 3.58. The van der Waals surface area contributed by atoms with E-state index in [1.54, 1.807) is 6.07 Å². The summed E-state index contributed by atoms with van der Waals surface area (Å²) in [7, 11) is 0. The number of hydrogen-bond acceptors (Lipinski definition) is 6. The van der Waals surface area contributed by atoms with Crippen molar-refractivity contribution in [2.24, 2.45) is 0 Å². The summed E-state index contributed by atoms with van der Waals surface area (Å²) in [6, 6.07) is 1.78. The van der Waals surface area contributed by atoms with Gasteiger partial charge in [-0.15, -0.1) is 0 Å². The molecule has 1 aliphatic heterocycles. The number of aliphatic carboxylic acids is 1. The van der Waals surface area contributed by atoms with Gasteiger partial charge in [0.2, 0.25) is 0 Å². The maximum atomic E-state index is 15.2. The Bertz CT molecular complexity index is 1350. The van der Waals surface area contributed by atoms with Crippen LogP contribution in [0.2, 0.25) is 0 Å². The summed E-state index contributed by atoms with van der Waals surface area (Å²) in [6.45, 7) is 6.50. The van der Waals surface area contributed by atoms with Crippen molar-refractivity contribution in [2.75, 3.05) is 37.6 Å². The van der Waals surface area contributed by atoms with Crippen LogP contribution in [0.3, 0.4) is 0 Å². The van der Waals surface area contributed by atoms with E-state index in [1.165, 1.54) is 26.1 Å². The number of aromatic nitrogens is 2. The number of carboxylic acid groups (broad SMARTS) is 1. The Morgan fingerprint density at radius 3 is 2.55 bits per heavy atom. The zero-order chi connectivity index (χ0) is 23.3. The van der Waals surface area contributed by atoms with Crippen LogP contribution in [-0.2, 0) is 11.3 Å². The van der Waals surface area contributed by atoms with Gasteiger partial charge in [0.15, 0.2) is 5.82 Å². The molecule has 176 valence electrons. The summed E-state index contributed by atoms with van der Waals surface area (Å²) in [4.78, 5) is 41.5. The first-order valence-electron chi connectivity index (χ1n) is 11.5. The van der Waals surface area contributed by atoms with Gasteiger partial charge in [0.05, 0.1) is 22.1 Å². The number of halogens is 1. The van der Waals surface area contributed by atoms with Gasteiger partial charge in [-0.3, -0.25) is 22.7 Å². The molecule has 1 aliphatic carbocycles. The first-order chi connectivity index (χ1) is 15.9. The van der Waals surface area contributed by atoms with Gasteiger partial charge in [-0.25, -0.2) is 4.39 Å². The number of anilines is 1. The van der Waals surface area contributed by atoms with Gasteiger partial charge in [-0.05, 0) is 43.4 Å². The monoisotopic (exact) mass is 474 g/mol. The van der Waals surface area contributed by atoms with Gasteiger partial charge in [0, 0.05) is 39.1 Å². The average molecular weight is 475 g/mol. The predicted molar refractivity (Wildman–Crippen MR) is 126 cm³/mol. The molecule has 0 aromatic carbocycles.